The molecule has 1 N–H and O–H groups in total. The van der Waals surface area contributed by atoms with Gasteiger partial charge in [-0.1, -0.05) is 20.3 Å². The molecule has 4 heteroatoms. The Morgan fingerprint density at radius 3 is 2.55 bits per heavy atom. The van der Waals surface area contributed by atoms with E-state index in [0.29, 0.717) is 6.42 Å². The van der Waals surface area contributed by atoms with Crippen LogP contribution in [-0.2, 0) is 9.59 Å². The van der Waals surface area contributed by atoms with Crippen molar-refractivity contribution in [3.63, 3.8) is 0 Å². The third kappa shape index (κ3) is 2.96. The molecule has 1 unspecified atom stereocenters. The highest BCUT2D eigenvalue weighted by molar-refractivity contribution is 5.75. The molecule has 0 rings (SSSR count). The first-order valence-electron chi connectivity index (χ1n) is 3.43. The van der Waals surface area contributed by atoms with Gasteiger partial charge in [-0.05, 0) is 5.92 Å². The van der Waals surface area contributed by atoms with Crippen molar-refractivity contribution in [2.75, 3.05) is 0 Å². The summed E-state index contributed by atoms with van der Waals surface area (Å²) >= 11 is 0. The number of carbonyl (C=O) groups is 1. The lowest BCUT2D eigenvalue weighted by Crippen LogP contribution is -2.25. The third-order valence-electron chi connectivity index (χ3n) is 1.63. The van der Waals surface area contributed by atoms with Crippen LogP contribution in [-0.4, -0.2) is 23.2 Å². The Balaban J connectivity index is 4.32. The maximum Gasteiger partial charge on any atom is 0.329 e. The molecule has 0 aliphatic rings. The van der Waals surface area contributed by atoms with Crippen LogP contribution in [0.25, 0.3) is 0 Å². The largest absolute Gasteiger partial charge is 0.480 e. The minimum Gasteiger partial charge on any atom is -0.480 e. The van der Waals surface area contributed by atoms with E-state index < -0.39 is 12.0 Å². The van der Waals surface area contributed by atoms with Gasteiger partial charge in [0.1, 0.15) is 0 Å². The quantitative estimate of drug-likeness (QED) is 0.485. The van der Waals surface area contributed by atoms with Gasteiger partial charge in [-0.15, -0.1) is 0 Å². The topological polar surface area (TPSA) is 66.7 Å². The van der Waals surface area contributed by atoms with Gasteiger partial charge in [0.25, 0.3) is 0 Å². The van der Waals surface area contributed by atoms with Crippen molar-refractivity contribution in [2.45, 2.75) is 26.3 Å². The molecule has 0 spiro atoms. The molecule has 0 heterocycles. The fraction of sp³-hybridized carbons (Fsp3) is 0.714. The summed E-state index contributed by atoms with van der Waals surface area (Å²) in [7, 11) is 0. The smallest absolute Gasteiger partial charge is 0.329 e. The fourth-order valence-corrected chi connectivity index (χ4v) is 0.706. The number of carboxylic acid groups (broad SMARTS) is 1. The van der Waals surface area contributed by atoms with E-state index in [2.05, 4.69) is 4.99 Å². The predicted molar refractivity (Wildman–Crippen MR) is 39.0 cm³/mol. The van der Waals surface area contributed by atoms with Gasteiger partial charge in [0, 0.05) is 0 Å². The molecule has 0 aromatic rings. The summed E-state index contributed by atoms with van der Waals surface area (Å²) < 4.78 is 0. The van der Waals surface area contributed by atoms with Crippen LogP contribution >= 0.6 is 0 Å². The number of aliphatic carboxylic acids is 1. The second-order valence-corrected chi connectivity index (χ2v) is 2.39. The summed E-state index contributed by atoms with van der Waals surface area (Å²) in [5.41, 5.74) is 0. The van der Waals surface area contributed by atoms with Crippen LogP contribution in [0.15, 0.2) is 4.99 Å². The number of aliphatic imine (C=N–C) groups is 1. The van der Waals surface area contributed by atoms with Gasteiger partial charge in [0.05, 0.1) is 0 Å². The average molecular weight is 157 g/mol. The summed E-state index contributed by atoms with van der Waals surface area (Å²) in [6.45, 7) is 3.58. The van der Waals surface area contributed by atoms with Gasteiger partial charge in [0.2, 0.25) is 6.08 Å². The number of carboxylic acids is 1. The zero-order valence-corrected chi connectivity index (χ0v) is 6.57. The SMILES string of the molecule is CCC(C)[C@H](N=C=O)C(=O)O. The second kappa shape index (κ2) is 4.63. The molecule has 0 fully saturated rings. The Labute approximate surface area is 64.9 Å². The van der Waals surface area contributed by atoms with Crippen molar-refractivity contribution in [2.24, 2.45) is 10.9 Å². The van der Waals surface area contributed by atoms with Crippen LogP contribution in [0.3, 0.4) is 0 Å². The summed E-state index contributed by atoms with van der Waals surface area (Å²) in [5.74, 6) is -1.18. The first-order valence-corrected chi connectivity index (χ1v) is 3.43. The van der Waals surface area contributed by atoms with Crippen LogP contribution in [0, 0.1) is 5.92 Å². The van der Waals surface area contributed by atoms with Gasteiger partial charge in [-0.25, -0.2) is 9.59 Å². The molecule has 0 amide bonds. The zero-order valence-electron chi connectivity index (χ0n) is 6.57. The minimum absolute atomic E-state index is 0.117. The standard InChI is InChI=1S/C7H11NO3/c1-3-5(2)6(7(10)11)8-4-9/h5-6H,3H2,1-2H3,(H,10,11)/t5?,6-/m0/s1. The van der Waals surface area contributed by atoms with E-state index in [1.807, 2.05) is 6.92 Å². The number of isocyanates is 1. The normalized spacial score (nSPS) is 14.7. The monoisotopic (exact) mass is 157 g/mol. The van der Waals surface area contributed by atoms with Crippen LogP contribution in [0.4, 0.5) is 0 Å². The number of carbonyl (C=O) groups excluding carboxylic acids is 1. The highest BCUT2D eigenvalue weighted by Gasteiger charge is 2.22. The van der Waals surface area contributed by atoms with Crippen LogP contribution in [0.5, 0.6) is 0 Å². The van der Waals surface area contributed by atoms with E-state index in [0.717, 1.165) is 0 Å². The maximum atomic E-state index is 10.4. The Morgan fingerprint density at radius 2 is 2.27 bits per heavy atom. The fourth-order valence-electron chi connectivity index (χ4n) is 0.706. The van der Waals surface area contributed by atoms with Crippen molar-refractivity contribution < 1.29 is 14.7 Å². The number of rotatable bonds is 4. The lowest BCUT2D eigenvalue weighted by atomic mass is 10.0. The molecule has 0 aliphatic heterocycles. The molecule has 0 aromatic heterocycles. The molecule has 0 radical (unpaired) electrons. The van der Waals surface area contributed by atoms with Crippen molar-refractivity contribution in [1.29, 1.82) is 0 Å². The predicted octanol–water partition coefficient (Wildman–Crippen LogP) is 0.822. The Morgan fingerprint density at radius 1 is 1.73 bits per heavy atom. The molecular weight excluding hydrogens is 146 g/mol. The molecule has 0 saturated carbocycles. The molecule has 0 saturated heterocycles. The van der Waals surface area contributed by atoms with E-state index in [1.54, 1.807) is 6.92 Å². The third-order valence-corrected chi connectivity index (χ3v) is 1.63. The van der Waals surface area contributed by atoms with Crippen molar-refractivity contribution in [1.82, 2.24) is 0 Å². The Kier molecular flexibility index (Phi) is 4.15. The molecular formula is C7H11NO3. The second-order valence-electron chi connectivity index (χ2n) is 2.39. The van der Waals surface area contributed by atoms with E-state index in [1.165, 1.54) is 6.08 Å². The van der Waals surface area contributed by atoms with E-state index in [-0.39, 0.29) is 5.92 Å². The van der Waals surface area contributed by atoms with Gasteiger partial charge in [-0.3, -0.25) is 0 Å². The van der Waals surface area contributed by atoms with Gasteiger partial charge >= 0.3 is 5.97 Å². The van der Waals surface area contributed by atoms with Crippen molar-refractivity contribution in [3.05, 3.63) is 0 Å². The highest BCUT2D eigenvalue weighted by Crippen LogP contribution is 2.10. The number of nitrogens with zero attached hydrogens (tertiary/aromatic N) is 1. The minimum atomic E-state index is -1.07. The first-order chi connectivity index (χ1) is 5.13. The lowest BCUT2D eigenvalue weighted by molar-refractivity contribution is -0.139. The molecule has 62 valence electrons. The van der Waals surface area contributed by atoms with Crippen LogP contribution in [0.1, 0.15) is 20.3 Å². The summed E-state index contributed by atoms with van der Waals surface area (Å²) in [6, 6.07) is -0.933. The first kappa shape index (κ1) is 9.85. The summed E-state index contributed by atoms with van der Waals surface area (Å²) in [5, 5.41) is 8.53. The van der Waals surface area contributed by atoms with Crippen molar-refractivity contribution in [3.8, 4) is 0 Å². The molecule has 0 aromatic carbocycles. The van der Waals surface area contributed by atoms with E-state index in [9.17, 15) is 9.59 Å². The Bertz CT molecular complexity index is 182. The van der Waals surface area contributed by atoms with E-state index >= 15 is 0 Å². The van der Waals surface area contributed by atoms with Gasteiger partial charge in [-0.2, -0.15) is 4.99 Å². The lowest BCUT2D eigenvalue weighted by Gasteiger charge is -2.11. The zero-order chi connectivity index (χ0) is 8.85. The molecule has 0 aliphatic carbocycles. The van der Waals surface area contributed by atoms with Crippen LogP contribution in [0.2, 0.25) is 0 Å². The molecule has 11 heavy (non-hydrogen) atoms. The van der Waals surface area contributed by atoms with Gasteiger partial charge < -0.3 is 5.11 Å². The van der Waals surface area contributed by atoms with Gasteiger partial charge in [0.15, 0.2) is 6.04 Å². The summed E-state index contributed by atoms with van der Waals surface area (Å²) in [4.78, 5) is 23.4. The molecule has 2 atom stereocenters. The average Bonchev–Trinajstić information content (AvgIpc) is 1.98. The number of hydrogen-bond acceptors (Lipinski definition) is 3. The Hall–Kier alpha value is -1.15. The number of hydrogen-bond donors (Lipinski definition) is 1. The van der Waals surface area contributed by atoms with Crippen LogP contribution < -0.4 is 0 Å². The highest BCUT2D eigenvalue weighted by atomic mass is 16.4. The van der Waals surface area contributed by atoms with E-state index in [4.69, 9.17) is 5.11 Å². The maximum absolute atomic E-state index is 10.4. The molecule has 0 bridgehead atoms. The summed E-state index contributed by atoms with van der Waals surface area (Å²) in [6.07, 6.45) is 1.94. The molecule has 4 nitrogen and oxygen atoms in total. The van der Waals surface area contributed by atoms with Crippen molar-refractivity contribution >= 4 is 12.0 Å².